The van der Waals surface area contributed by atoms with Gasteiger partial charge in [0, 0.05) is 18.9 Å². The lowest BCUT2D eigenvalue weighted by Gasteiger charge is -1.93. The van der Waals surface area contributed by atoms with E-state index in [0.29, 0.717) is 12.2 Å². The molecule has 0 saturated heterocycles. The maximum Gasteiger partial charge on any atom is 0.303 e. The largest absolute Gasteiger partial charge is 0.481 e. The van der Waals surface area contributed by atoms with Crippen molar-refractivity contribution in [1.29, 1.82) is 0 Å². The van der Waals surface area contributed by atoms with Crippen molar-refractivity contribution in [2.45, 2.75) is 19.3 Å². The van der Waals surface area contributed by atoms with Crippen LogP contribution in [0, 0.1) is 0 Å². The molecule has 0 saturated carbocycles. The van der Waals surface area contributed by atoms with Gasteiger partial charge in [-0.1, -0.05) is 11.2 Å². The molecular formula is C12H11NO4S. The molecule has 0 aliphatic rings. The van der Waals surface area contributed by atoms with E-state index in [9.17, 15) is 9.59 Å². The monoisotopic (exact) mass is 265 g/mol. The van der Waals surface area contributed by atoms with Gasteiger partial charge in [-0.05, 0) is 17.9 Å². The Hall–Kier alpha value is -1.95. The Balaban J connectivity index is 1.97. The van der Waals surface area contributed by atoms with Gasteiger partial charge in [-0.3, -0.25) is 9.59 Å². The van der Waals surface area contributed by atoms with E-state index in [-0.39, 0.29) is 24.3 Å². The molecule has 1 N–H and O–H groups in total. The first-order valence-corrected chi connectivity index (χ1v) is 6.30. The van der Waals surface area contributed by atoms with Crippen molar-refractivity contribution < 1.29 is 19.2 Å². The molecular weight excluding hydrogens is 254 g/mol. The fourth-order valence-corrected chi connectivity index (χ4v) is 2.14. The van der Waals surface area contributed by atoms with Gasteiger partial charge in [-0.25, -0.2) is 0 Å². The number of aromatic nitrogens is 1. The average Bonchev–Trinajstić information content (AvgIpc) is 2.99. The van der Waals surface area contributed by atoms with Crippen molar-refractivity contribution in [3.05, 3.63) is 29.3 Å². The number of carbonyl (C=O) groups excluding carboxylic acids is 1. The Morgan fingerprint density at radius 3 is 2.89 bits per heavy atom. The van der Waals surface area contributed by atoms with Crippen molar-refractivity contribution in [2.24, 2.45) is 0 Å². The zero-order valence-corrected chi connectivity index (χ0v) is 10.3. The highest BCUT2D eigenvalue weighted by molar-refractivity contribution is 7.13. The van der Waals surface area contributed by atoms with Gasteiger partial charge in [-0.15, -0.1) is 11.3 Å². The number of ketones is 1. The number of carboxylic acids is 1. The van der Waals surface area contributed by atoms with Crippen LogP contribution in [0.3, 0.4) is 0 Å². The minimum Gasteiger partial charge on any atom is -0.481 e. The molecule has 0 aromatic carbocycles. The Morgan fingerprint density at radius 2 is 2.22 bits per heavy atom. The van der Waals surface area contributed by atoms with Crippen molar-refractivity contribution in [3.8, 4) is 10.6 Å². The first-order chi connectivity index (χ1) is 8.66. The zero-order chi connectivity index (χ0) is 13.0. The molecule has 0 bridgehead atoms. The van der Waals surface area contributed by atoms with Crippen LogP contribution in [0.15, 0.2) is 28.1 Å². The Labute approximate surface area is 107 Å². The highest BCUT2D eigenvalue weighted by Crippen LogP contribution is 2.25. The van der Waals surface area contributed by atoms with Crippen LogP contribution >= 0.6 is 11.3 Å². The summed E-state index contributed by atoms with van der Waals surface area (Å²) in [6.07, 6.45) is 0.472. The van der Waals surface area contributed by atoms with E-state index in [0.717, 1.165) is 4.88 Å². The summed E-state index contributed by atoms with van der Waals surface area (Å²) in [4.78, 5) is 22.9. The summed E-state index contributed by atoms with van der Waals surface area (Å²) in [7, 11) is 0. The van der Waals surface area contributed by atoms with Crippen molar-refractivity contribution in [2.75, 3.05) is 0 Å². The number of carboxylic acid groups (broad SMARTS) is 1. The molecule has 0 atom stereocenters. The van der Waals surface area contributed by atoms with Crippen molar-refractivity contribution in [3.63, 3.8) is 0 Å². The standard InChI is InChI=1S/C12H11NO4S/c14-9(3-1-5-12(15)16)8-7-10(17-13-8)11-4-2-6-18-11/h2,4,6-7H,1,3,5H2,(H,15,16). The minimum absolute atomic E-state index is 0.0125. The molecule has 2 aromatic rings. The third-order valence-corrected chi connectivity index (χ3v) is 3.24. The SMILES string of the molecule is O=C(O)CCCC(=O)c1cc(-c2cccs2)on1. The second-order valence-electron chi connectivity index (χ2n) is 3.72. The molecule has 0 aliphatic carbocycles. The topological polar surface area (TPSA) is 80.4 Å². The molecule has 0 fully saturated rings. The molecule has 0 amide bonds. The van der Waals surface area contributed by atoms with E-state index in [1.807, 2.05) is 17.5 Å². The van der Waals surface area contributed by atoms with Crippen LogP contribution < -0.4 is 0 Å². The van der Waals surface area contributed by atoms with Crippen LogP contribution in [-0.2, 0) is 4.79 Å². The molecule has 0 unspecified atom stereocenters. The smallest absolute Gasteiger partial charge is 0.303 e. The summed E-state index contributed by atoms with van der Waals surface area (Å²) in [6.45, 7) is 0. The van der Waals surface area contributed by atoms with Crippen LogP contribution in [0.1, 0.15) is 29.8 Å². The van der Waals surface area contributed by atoms with Crippen LogP contribution in [-0.4, -0.2) is 22.0 Å². The molecule has 0 radical (unpaired) electrons. The van der Waals surface area contributed by atoms with E-state index in [4.69, 9.17) is 9.63 Å². The highest BCUT2D eigenvalue weighted by atomic mass is 32.1. The fraction of sp³-hybridized carbons (Fsp3) is 0.250. The van der Waals surface area contributed by atoms with Crippen molar-refractivity contribution >= 4 is 23.1 Å². The van der Waals surface area contributed by atoms with Crippen molar-refractivity contribution in [1.82, 2.24) is 5.16 Å². The van der Waals surface area contributed by atoms with E-state index in [2.05, 4.69) is 5.16 Å². The first kappa shape index (κ1) is 12.5. The number of carbonyl (C=O) groups is 2. The highest BCUT2D eigenvalue weighted by Gasteiger charge is 2.14. The minimum atomic E-state index is -0.901. The lowest BCUT2D eigenvalue weighted by molar-refractivity contribution is -0.137. The van der Waals surface area contributed by atoms with Crippen LogP contribution in [0.2, 0.25) is 0 Å². The van der Waals surface area contributed by atoms with E-state index >= 15 is 0 Å². The molecule has 18 heavy (non-hydrogen) atoms. The maximum atomic E-state index is 11.7. The number of rotatable bonds is 6. The van der Waals surface area contributed by atoms with Gasteiger partial charge in [0.1, 0.15) is 5.69 Å². The normalized spacial score (nSPS) is 10.4. The molecule has 2 rings (SSSR count). The van der Waals surface area contributed by atoms with Crippen LogP contribution in [0.25, 0.3) is 10.6 Å². The quantitative estimate of drug-likeness (QED) is 0.812. The summed E-state index contributed by atoms with van der Waals surface area (Å²) in [5.41, 5.74) is 0.254. The van der Waals surface area contributed by atoms with Gasteiger partial charge in [0.2, 0.25) is 0 Å². The third kappa shape index (κ3) is 3.04. The number of aliphatic carboxylic acids is 1. The number of thiophene rings is 1. The number of hydrogen-bond donors (Lipinski definition) is 1. The summed E-state index contributed by atoms with van der Waals surface area (Å²) >= 11 is 1.50. The summed E-state index contributed by atoms with van der Waals surface area (Å²) in [5.74, 6) is -0.531. The van der Waals surface area contributed by atoms with Gasteiger partial charge in [-0.2, -0.15) is 0 Å². The third-order valence-electron chi connectivity index (χ3n) is 2.35. The fourth-order valence-electron chi connectivity index (χ4n) is 1.47. The average molecular weight is 265 g/mol. The number of nitrogens with zero attached hydrogens (tertiary/aromatic N) is 1. The molecule has 5 nitrogen and oxygen atoms in total. The van der Waals surface area contributed by atoms with Gasteiger partial charge >= 0.3 is 5.97 Å². The Morgan fingerprint density at radius 1 is 1.39 bits per heavy atom. The second kappa shape index (κ2) is 5.59. The molecule has 94 valence electrons. The van der Waals surface area contributed by atoms with Gasteiger partial charge in [0.15, 0.2) is 11.5 Å². The number of Topliss-reactive ketones (excluding diaryl/α,β-unsaturated/α-hetero) is 1. The first-order valence-electron chi connectivity index (χ1n) is 5.42. The van der Waals surface area contributed by atoms with E-state index < -0.39 is 5.97 Å². The maximum absolute atomic E-state index is 11.7. The zero-order valence-electron chi connectivity index (χ0n) is 9.46. The number of hydrogen-bond acceptors (Lipinski definition) is 5. The molecule has 0 aliphatic heterocycles. The van der Waals surface area contributed by atoms with Crippen LogP contribution in [0.4, 0.5) is 0 Å². The summed E-state index contributed by atoms with van der Waals surface area (Å²) in [5, 5.41) is 14.1. The van der Waals surface area contributed by atoms with E-state index in [1.54, 1.807) is 6.07 Å². The summed E-state index contributed by atoms with van der Waals surface area (Å²) < 4.78 is 5.08. The molecule has 0 spiro atoms. The molecule has 2 heterocycles. The van der Waals surface area contributed by atoms with Gasteiger partial charge in [0.25, 0.3) is 0 Å². The predicted octanol–water partition coefficient (Wildman–Crippen LogP) is 2.84. The molecule has 6 heteroatoms. The second-order valence-corrected chi connectivity index (χ2v) is 4.67. The summed E-state index contributed by atoms with van der Waals surface area (Å²) in [6, 6.07) is 5.36. The lowest BCUT2D eigenvalue weighted by Crippen LogP contribution is -2.01. The molecule has 2 aromatic heterocycles. The lowest BCUT2D eigenvalue weighted by atomic mass is 10.1. The Bertz CT molecular complexity index is 544. The van der Waals surface area contributed by atoms with Gasteiger partial charge in [0.05, 0.1) is 4.88 Å². The van der Waals surface area contributed by atoms with Crippen LogP contribution in [0.5, 0.6) is 0 Å². The van der Waals surface area contributed by atoms with Gasteiger partial charge < -0.3 is 9.63 Å². The Kier molecular flexibility index (Phi) is 3.88. The predicted molar refractivity (Wildman–Crippen MR) is 65.6 cm³/mol. The van der Waals surface area contributed by atoms with E-state index in [1.165, 1.54) is 11.3 Å².